The zero-order chi connectivity index (χ0) is 14.7. The van der Waals surface area contributed by atoms with Crippen molar-refractivity contribution in [3.63, 3.8) is 0 Å². The molecule has 1 aromatic rings. The number of hydrogen-bond acceptors (Lipinski definition) is 4. The van der Waals surface area contributed by atoms with Crippen LogP contribution in [-0.2, 0) is 22.5 Å². The fourth-order valence-corrected chi connectivity index (χ4v) is 2.57. The molecule has 20 heavy (non-hydrogen) atoms. The second-order valence-corrected chi connectivity index (χ2v) is 5.43. The number of hydrogen-bond donors (Lipinski definition) is 1. The highest BCUT2D eigenvalue weighted by Gasteiger charge is 2.30. The zero-order valence-corrected chi connectivity index (χ0v) is 12.9. The third-order valence-electron chi connectivity index (χ3n) is 3.83. The summed E-state index contributed by atoms with van der Waals surface area (Å²) in [5.41, 5.74) is 3.48. The number of carbonyl (C=O) groups excluding carboxylic acids is 1. The topological polar surface area (TPSA) is 56.2 Å². The molecule has 0 radical (unpaired) electrons. The Morgan fingerprint density at radius 2 is 2.15 bits per heavy atom. The molecule has 1 N–H and O–H groups in total. The number of aryl methyl sites for hydroxylation is 1. The largest absolute Gasteiger partial charge is 0.465 e. The van der Waals surface area contributed by atoms with E-state index < -0.39 is 0 Å². The van der Waals surface area contributed by atoms with Gasteiger partial charge in [0.15, 0.2) is 0 Å². The van der Waals surface area contributed by atoms with Crippen LogP contribution >= 0.6 is 0 Å². The fourth-order valence-electron chi connectivity index (χ4n) is 2.57. The molecule has 2 rings (SSSR count). The average Bonchev–Trinajstić information content (AvgIpc) is 3.17. The molecular formula is C15H25N3O2. The van der Waals surface area contributed by atoms with Gasteiger partial charge in [0.05, 0.1) is 18.8 Å². The third kappa shape index (κ3) is 3.39. The number of ether oxygens (including phenoxy) is 1. The minimum Gasteiger partial charge on any atom is -0.465 e. The van der Waals surface area contributed by atoms with E-state index in [4.69, 9.17) is 4.74 Å². The molecule has 0 aromatic carbocycles. The standard InChI is InChI=1S/C15H25N3O2/c1-5-13-10(3)17-18(11(13)4)9-14(15(19)20-6-2)16-12-7-8-12/h12,14,16H,5-9H2,1-4H3. The summed E-state index contributed by atoms with van der Waals surface area (Å²) in [7, 11) is 0. The smallest absolute Gasteiger partial charge is 0.325 e. The molecule has 112 valence electrons. The van der Waals surface area contributed by atoms with Gasteiger partial charge in [-0.1, -0.05) is 6.92 Å². The lowest BCUT2D eigenvalue weighted by atomic mass is 10.1. The van der Waals surface area contributed by atoms with Crippen LogP contribution in [-0.4, -0.2) is 34.4 Å². The molecular weight excluding hydrogens is 254 g/mol. The van der Waals surface area contributed by atoms with Crippen molar-refractivity contribution < 1.29 is 9.53 Å². The monoisotopic (exact) mass is 279 g/mol. The van der Waals surface area contributed by atoms with Gasteiger partial charge in [0.2, 0.25) is 0 Å². The Morgan fingerprint density at radius 1 is 1.45 bits per heavy atom. The third-order valence-corrected chi connectivity index (χ3v) is 3.83. The highest BCUT2D eigenvalue weighted by molar-refractivity contribution is 5.75. The highest BCUT2D eigenvalue weighted by Crippen LogP contribution is 2.20. The van der Waals surface area contributed by atoms with E-state index in [0.717, 1.165) is 30.7 Å². The molecule has 5 nitrogen and oxygen atoms in total. The lowest BCUT2D eigenvalue weighted by molar-refractivity contribution is -0.146. The molecule has 1 aliphatic carbocycles. The Bertz CT molecular complexity index is 478. The second kappa shape index (κ2) is 6.39. The maximum absolute atomic E-state index is 12.1. The van der Waals surface area contributed by atoms with Crippen LogP contribution in [0.3, 0.4) is 0 Å². The molecule has 1 unspecified atom stereocenters. The quantitative estimate of drug-likeness (QED) is 0.773. The van der Waals surface area contributed by atoms with E-state index >= 15 is 0 Å². The van der Waals surface area contributed by atoms with Crippen molar-refractivity contribution in [2.24, 2.45) is 0 Å². The SMILES string of the molecule is CCOC(=O)C(Cn1nc(C)c(CC)c1C)NC1CC1. The van der Waals surface area contributed by atoms with Crippen molar-refractivity contribution in [2.75, 3.05) is 6.61 Å². The minimum absolute atomic E-state index is 0.176. The summed E-state index contributed by atoms with van der Waals surface area (Å²) < 4.78 is 7.10. The summed E-state index contributed by atoms with van der Waals surface area (Å²) in [6, 6.07) is 0.164. The van der Waals surface area contributed by atoms with E-state index in [0.29, 0.717) is 19.2 Å². The molecule has 0 aliphatic heterocycles. The van der Waals surface area contributed by atoms with Crippen molar-refractivity contribution >= 4 is 5.97 Å². The van der Waals surface area contributed by atoms with Crippen LogP contribution in [0.2, 0.25) is 0 Å². The molecule has 1 atom stereocenters. The Balaban J connectivity index is 2.11. The van der Waals surface area contributed by atoms with Gasteiger partial charge in [0.1, 0.15) is 6.04 Å². The highest BCUT2D eigenvalue weighted by atomic mass is 16.5. The van der Waals surface area contributed by atoms with Crippen molar-refractivity contribution in [2.45, 2.75) is 65.6 Å². The van der Waals surface area contributed by atoms with Crippen LogP contribution in [0.1, 0.15) is 43.6 Å². The number of esters is 1. The summed E-state index contributed by atoms with van der Waals surface area (Å²) in [6.45, 7) is 9.02. The molecule has 1 heterocycles. The summed E-state index contributed by atoms with van der Waals surface area (Å²) in [6.07, 6.45) is 3.26. The van der Waals surface area contributed by atoms with Gasteiger partial charge in [-0.2, -0.15) is 5.10 Å². The van der Waals surface area contributed by atoms with Crippen LogP contribution in [0.15, 0.2) is 0 Å². The van der Waals surface area contributed by atoms with Gasteiger partial charge >= 0.3 is 5.97 Å². The van der Waals surface area contributed by atoms with Gasteiger partial charge in [0.25, 0.3) is 0 Å². The predicted octanol–water partition coefficient (Wildman–Crippen LogP) is 1.75. The maximum atomic E-state index is 12.1. The van der Waals surface area contributed by atoms with Crippen LogP contribution in [0.4, 0.5) is 0 Å². The average molecular weight is 279 g/mol. The first kappa shape index (κ1) is 15.0. The molecule has 0 saturated heterocycles. The van der Waals surface area contributed by atoms with Crippen molar-refractivity contribution in [1.82, 2.24) is 15.1 Å². The molecule has 0 amide bonds. The first-order chi connectivity index (χ1) is 9.56. The van der Waals surface area contributed by atoms with Gasteiger partial charge in [-0.05, 0) is 45.6 Å². The Morgan fingerprint density at radius 3 is 2.65 bits per heavy atom. The Labute approximate surface area is 120 Å². The number of nitrogens with zero attached hydrogens (tertiary/aromatic N) is 2. The van der Waals surface area contributed by atoms with Crippen molar-refractivity contribution in [1.29, 1.82) is 0 Å². The first-order valence-electron chi connectivity index (χ1n) is 7.52. The maximum Gasteiger partial charge on any atom is 0.325 e. The molecule has 5 heteroatoms. The van der Waals surface area contributed by atoms with E-state index in [2.05, 4.69) is 24.3 Å². The first-order valence-corrected chi connectivity index (χ1v) is 7.52. The normalized spacial score (nSPS) is 16.2. The molecule has 1 fully saturated rings. The molecule has 0 spiro atoms. The molecule has 1 saturated carbocycles. The number of aromatic nitrogens is 2. The van der Waals surface area contributed by atoms with E-state index in [1.54, 1.807) is 0 Å². The Hall–Kier alpha value is -1.36. The number of rotatable bonds is 7. The van der Waals surface area contributed by atoms with Crippen molar-refractivity contribution in [3.8, 4) is 0 Å². The zero-order valence-electron chi connectivity index (χ0n) is 12.9. The minimum atomic E-state index is -0.301. The van der Waals surface area contributed by atoms with Crippen LogP contribution < -0.4 is 5.32 Å². The van der Waals surface area contributed by atoms with Gasteiger partial charge in [-0.3, -0.25) is 9.48 Å². The summed E-state index contributed by atoms with van der Waals surface area (Å²) in [4.78, 5) is 12.1. The van der Waals surface area contributed by atoms with E-state index in [1.165, 1.54) is 5.56 Å². The lowest BCUT2D eigenvalue weighted by Crippen LogP contribution is -2.43. The number of carbonyl (C=O) groups is 1. The van der Waals surface area contributed by atoms with Crippen LogP contribution in [0.25, 0.3) is 0 Å². The molecule has 1 aromatic heterocycles. The summed E-state index contributed by atoms with van der Waals surface area (Å²) >= 11 is 0. The van der Waals surface area contributed by atoms with Gasteiger partial charge in [-0.15, -0.1) is 0 Å². The fraction of sp³-hybridized carbons (Fsp3) is 0.733. The lowest BCUT2D eigenvalue weighted by Gasteiger charge is -2.18. The van der Waals surface area contributed by atoms with E-state index in [-0.39, 0.29) is 12.0 Å². The van der Waals surface area contributed by atoms with E-state index in [9.17, 15) is 4.79 Å². The summed E-state index contributed by atoms with van der Waals surface area (Å²) in [5, 5.41) is 7.92. The summed E-state index contributed by atoms with van der Waals surface area (Å²) in [5.74, 6) is -0.176. The van der Waals surface area contributed by atoms with Crippen LogP contribution in [0, 0.1) is 13.8 Å². The van der Waals surface area contributed by atoms with Gasteiger partial charge in [0, 0.05) is 11.7 Å². The predicted molar refractivity (Wildman–Crippen MR) is 77.7 cm³/mol. The molecule has 0 bridgehead atoms. The van der Waals surface area contributed by atoms with Gasteiger partial charge in [-0.25, -0.2) is 0 Å². The van der Waals surface area contributed by atoms with Gasteiger partial charge < -0.3 is 10.1 Å². The Kier molecular flexibility index (Phi) is 4.81. The second-order valence-electron chi connectivity index (χ2n) is 5.43. The molecule has 1 aliphatic rings. The van der Waals surface area contributed by atoms with Crippen LogP contribution in [0.5, 0.6) is 0 Å². The van der Waals surface area contributed by atoms with Crippen molar-refractivity contribution in [3.05, 3.63) is 17.0 Å². The number of nitrogens with one attached hydrogen (secondary N) is 1. The van der Waals surface area contributed by atoms with E-state index in [1.807, 2.05) is 18.5 Å².